The molecule has 2 amide bonds. The molecule has 2 rings (SSSR count). The van der Waals surface area contributed by atoms with Crippen LogP contribution >= 0.6 is 11.3 Å². The Morgan fingerprint density at radius 1 is 1.11 bits per heavy atom. The second-order valence-electron chi connectivity index (χ2n) is 4.13. The van der Waals surface area contributed by atoms with E-state index in [1.807, 2.05) is 10.4 Å². The topological polar surface area (TPSA) is 87.5 Å². The molecule has 1 aromatic rings. The summed E-state index contributed by atoms with van der Waals surface area (Å²) in [5, 5.41) is 1.92. The zero-order chi connectivity index (χ0) is 13.0. The molecule has 1 fully saturated rings. The number of carbonyl (C=O) groups is 2. The van der Waals surface area contributed by atoms with Crippen molar-refractivity contribution in [3.63, 3.8) is 0 Å². The predicted molar refractivity (Wildman–Crippen MR) is 68.9 cm³/mol. The van der Waals surface area contributed by atoms with Gasteiger partial charge in [-0.05, 0) is 25.0 Å². The molecule has 0 unspecified atom stereocenters. The van der Waals surface area contributed by atoms with Crippen molar-refractivity contribution in [3.8, 4) is 0 Å². The van der Waals surface area contributed by atoms with Crippen LogP contribution in [0, 0.1) is 0 Å². The van der Waals surface area contributed by atoms with Crippen molar-refractivity contribution in [1.82, 2.24) is 15.9 Å². The lowest BCUT2D eigenvalue weighted by molar-refractivity contribution is 0.0754. The van der Waals surface area contributed by atoms with Gasteiger partial charge >= 0.3 is 0 Å². The minimum absolute atomic E-state index is 0.169. The number of nitrogen functional groups attached to an aromatic ring is 1. The van der Waals surface area contributed by atoms with E-state index in [4.69, 9.17) is 5.84 Å². The van der Waals surface area contributed by atoms with Crippen LogP contribution in [-0.2, 0) is 0 Å². The van der Waals surface area contributed by atoms with Gasteiger partial charge in [-0.15, -0.1) is 11.3 Å². The van der Waals surface area contributed by atoms with Crippen molar-refractivity contribution < 1.29 is 9.59 Å². The van der Waals surface area contributed by atoms with Crippen LogP contribution in [0.25, 0.3) is 0 Å². The molecule has 98 valence electrons. The maximum absolute atomic E-state index is 11.9. The number of thiophene rings is 1. The quantitative estimate of drug-likeness (QED) is 0.423. The van der Waals surface area contributed by atoms with E-state index in [1.165, 1.54) is 6.42 Å². The van der Waals surface area contributed by atoms with E-state index < -0.39 is 0 Å². The zero-order valence-electron chi connectivity index (χ0n) is 9.94. The van der Waals surface area contributed by atoms with Crippen LogP contribution < -0.4 is 16.7 Å². The van der Waals surface area contributed by atoms with Crippen LogP contribution in [0.1, 0.15) is 38.6 Å². The van der Waals surface area contributed by atoms with Gasteiger partial charge in [0, 0.05) is 13.1 Å². The number of nitrogens with two attached hydrogens (primary N) is 1. The Morgan fingerprint density at radius 2 is 1.72 bits per heavy atom. The standard InChI is InChI=1S/C11H16N4O2S/c12-13-10(16)8-4-5-9(18-8)11(17)14-15-6-2-1-3-7-15/h4-5H,1-3,6-7,12H2,(H,13,16)(H,14,17). The molecule has 7 heteroatoms. The molecule has 1 aromatic heterocycles. The fourth-order valence-electron chi connectivity index (χ4n) is 1.86. The van der Waals surface area contributed by atoms with Gasteiger partial charge in [0.25, 0.3) is 11.8 Å². The van der Waals surface area contributed by atoms with E-state index in [1.54, 1.807) is 12.1 Å². The molecule has 0 aromatic carbocycles. The van der Waals surface area contributed by atoms with Gasteiger partial charge in [0.1, 0.15) is 0 Å². The Kier molecular flexibility index (Phi) is 4.29. The van der Waals surface area contributed by atoms with Gasteiger partial charge < -0.3 is 0 Å². The summed E-state index contributed by atoms with van der Waals surface area (Å²) in [5.41, 5.74) is 4.89. The van der Waals surface area contributed by atoms with Crippen molar-refractivity contribution in [2.45, 2.75) is 19.3 Å². The Bertz CT molecular complexity index is 440. The zero-order valence-corrected chi connectivity index (χ0v) is 10.8. The van der Waals surface area contributed by atoms with Crippen LogP contribution in [0.3, 0.4) is 0 Å². The molecular formula is C11H16N4O2S. The Morgan fingerprint density at radius 3 is 2.33 bits per heavy atom. The maximum atomic E-state index is 11.9. The molecule has 1 aliphatic rings. The SMILES string of the molecule is NNC(=O)c1ccc(C(=O)NN2CCCCC2)s1. The average Bonchev–Trinajstić information content (AvgIpc) is 2.88. The van der Waals surface area contributed by atoms with E-state index in [-0.39, 0.29) is 11.8 Å². The lowest BCUT2D eigenvalue weighted by atomic mass is 10.2. The third kappa shape index (κ3) is 3.06. The minimum Gasteiger partial charge on any atom is -0.289 e. The van der Waals surface area contributed by atoms with Gasteiger partial charge in [0.15, 0.2) is 0 Å². The highest BCUT2D eigenvalue weighted by Gasteiger charge is 2.16. The van der Waals surface area contributed by atoms with E-state index >= 15 is 0 Å². The first-order chi connectivity index (χ1) is 8.70. The lowest BCUT2D eigenvalue weighted by Gasteiger charge is -2.26. The molecule has 4 N–H and O–H groups in total. The molecule has 18 heavy (non-hydrogen) atoms. The van der Waals surface area contributed by atoms with Crippen molar-refractivity contribution >= 4 is 23.2 Å². The highest BCUT2D eigenvalue weighted by atomic mass is 32.1. The fourth-order valence-corrected chi connectivity index (χ4v) is 2.66. The van der Waals surface area contributed by atoms with Gasteiger partial charge in [0.2, 0.25) is 0 Å². The first kappa shape index (κ1) is 13.0. The third-order valence-corrected chi connectivity index (χ3v) is 3.88. The number of amides is 2. The molecular weight excluding hydrogens is 252 g/mol. The number of nitrogens with one attached hydrogen (secondary N) is 2. The minimum atomic E-state index is -0.378. The molecule has 0 atom stereocenters. The maximum Gasteiger partial charge on any atom is 0.275 e. The Hall–Kier alpha value is -1.44. The highest BCUT2D eigenvalue weighted by molar-refractivity contribution is 7.15. The molecule has 0 bridgehead atoms. The summed E-state index contributed by atoms with van der Waals surface area (Å²) in [4.78, 5) is 24.1. The molecule has 0 aliphatic carbocycles. The summed E-state index contributed by atoms with van der Waals surface area (Å²) < 4.78 is 0. The van der Waals surface area contributed by atoms with Crippen molar-refractivity contribution in [2.75, 3.05) is 13.1 Å². The second-order valence-corrected chi connectivity index (χ2v) is 5.21. The van der Waals surface area contributed by atoms with Gasteiger partial charge in [-0.2, -0.15) is 0 Å². The smallest absolute Gasteiger partial charge is 0.275 e. The van der Waals surface area contributed by atoms with E-state index in [0.29, 0.717) is 9.75 Å². The van der Waals surface area contributed by atoms with Gasteiger partial charge in [-0.3, -0.25) is 20.4 Å². The summed E-state index contributed by atoms with van der Waals surface area (Å²) >= 11 is 1.13. The molecule has 0 radical (unpaired) electrons. The number of nitrogens with zero attached hydrogens (tertiary/aromatic N) is 1. The van der Waals surface area contributed by atoms with Crippen LogP contribution in [0.4, 0.5) is 0 Å². The molecule has 0 spiro atoms. The lowest BCUT2D eigenvalue weighted by Crippen LogP contribution is -2.44. The molecule has 2 heterocycles. The Balaban J connectivity index is 1.95. The van der Waals surface area contributed by atoms with Gasteiger partial charge in [-0.1, -0.05) is 6.42 Å². The molecule has 1 aliphatic heterocycles. The third-order valence-electron chi connectivity index (χ3n) is 2.80. The Labute approximate surface area is 109 Å². The van der Waals surface area contributed by atoms with Crippen LogP contribution in [-0.4, -0.2) is 29.9 Å². The first-order valence-electron chi connectivity index (χ1n) is 5.87. The van der Waals surface area contributed by atoms with Crippen molar-refractivity contribution in [2.24, 2.45) is 5.84 Å². The molecule has 0 saturated carbocycles. The van der Waals surface area contributed by atoms with E-state index in [2.05, 4.69) is 5.43 Å². The average molecular weight is 268 g/mol. The predicted octanol–water partition coefficient (Wildman–Crippen LogP) is 0.482. The molecule has 1 saturated heterocycles. The number of piperidine rings is 1. The number of carbonyl (C=O) groups excluding carboxylic acids is 2. The monoisotopic (exact) mass is 268 g/mol. The van der Waals surface area contributed by atoms with Crippen molar-refractivity contribution in [3.05, 3.63) is 21.9 Å². The van der Waals surface area contributed by atoms with Gasteiger partial charge in [0.05, 0.1) is 9.75 Å². The van der Waals surface area contributed by atoms with Crippen LogP contribution in [0.2, 0.25) is 0 Å². The number of hydrazine groups is 2. The van der Waals surface area contributed by atoms with E-state index in [9.17, 15) is 9.59 Å². The summed E-state index contributed by atoms with van der Waals surface area (Å²) in [6.45, 7) is 1.76. The second kappa shape index (κ2) is 5.94. The number of rotatable bonds is 3. The summed E-state index contributed by atoms with van der Waals surface area (Å²) in [6.07, 6.45) is 3.42. The summed E-state index contributed by atoms with van der Waals surface area (Å²) in [6, 6.07) is 3.23. The summed E-state index contributed by atoms with van der Waals surface area (Å²) in [7, 11) is 0. The summed E-state index contributed by atoms with van der Waals surface area (Å²) in [5.74, 6) is 4.49. The van der Waals surface area contributed by atoms with Crippen LogP contribution in [0.5, 0.6) is 0 Å². The van der Waals surface area contributed by atoms with Crippen LogP contribution in [0.15, 0.2) is 12.1 Å². The normalized spacial score (nSPS) is 16.3. The number of hydrogen-bond donors (Lipinski definition) is 3. The molecule has 6 nitrogen and oxygen atoms in total. The fraction of sp³-hybridized carbons (Fsp3) is 0.455. The highest BCUT2D eigenvalue weighted by Crippen LogP contribution is 2.16. The number of hydrogen-bond acceptors (Lipinski definition) is 5. The van der Waals surface area contributed by atoms with Gasteiger partial charge in [-0.25, -0.2) is 10.9 Å². The largest absolute Gasteiger partial charge is 0.289 e. The first-order valence-corrected chi connectivity index (χ1v) is 6.69. The van der Waals surface area contributed by atoms with Crippen molar-refractivity contribution in [1.29, 1.82) is 0 Å². The van der Waals surface area contributed by atoms with E-state index in [0.717, 1.165) is 37.3 Å².